The lowest BCUT2D eigenvalue weighted by molar-refractivity contribution is 0.255. The molecule has 17 heavy (non-hydrogen) atoms. The largest absolute Gasteiger partial charge is 0.496 e. The lowest BCUT2D eigenvalue weighted by Gasteiger charge is -2.22. The number of benzene rings is 1. The maximum absolute atomic E-state index is 9.16. The molecule has 0 amide bonds. The Labute approximate surface area is 112 Å². The second-order valence-corrected chi connectivity index (χ2v) is 9.95. The molecule has 1 rings (SSSR count). The highest BCUT2D eigenvalue weighted by Crippen LogP contribution is 2.30. The van der Waals surface area contributed by atoms with E-state index in [4.69, 9.17) is 14.4 Å². The molecule has 0 N–H and O–H groups in total. The first kappa shape index (κ1) is 14.2. The van der Waals surface area contributed by atoms with Crippen molar-refractivity contribution < 1.29 is 9.16 Å². The number of nitrogens with zero attached hydrogens (tertiary/aromatic N) is 1. The Bertz CT molecular complexity index is 437. The van der Waals surface area contributed by atoms with E-state index in [0.717, 1.165) is 15.8 Å². The minimum atomic E-state index is -1.73. The summed E-state index contributed by atoms with van der Waals surface area (Å²) < 4.78 is 11.8. The molecule has 92 valence electrons. The predicted molar refractivity (Wildman–Crippen MR) is 73.5 cm³/mol. The predicted octanol–water partition coefficient (Wildman–Crippen LogP) is 3.87. The van der Waals surface area contributed by atoms with E-state index in [1.54, 1.807) is 7.11 Å². The summed E-state index contributed by atoms with van der Waals surface area (Å²) in [5, 5.41) is 9.16. The Kier molecular flexibility index (Phi) is 4.75. The Morgan fingerprint density at radius 2 is 2.00 bits per heavy atom. The number of nitriles is 1. The fourth-order valence-corrected chi connectivity index (χ4v) is 2.82. The van der Waals surface area contributed by atoms with Crippen molar-refractivity contribution in [3.05, 3.63) is 28.2 Å². The maximum Gasteiger partial charge on any atom is 0.186 e. The highest BCUT2D eigenvalue weighted by molar-refractivity contribution is 9.10. The van der Waals surface area contributed by atoms with Gasteiger partial charge in [-0.15, -0.1) is 0 Å². The number of hydrogen-bond acceptors (Lipinski definition) is 3. The molecule has 3 nitrogen and oxygen atoms in total. The summed E-state index contributed by atoms with van der Waals surface area (Å²) in [7, 11) is -0.121. The average molecular weight is 314 g/mol. The van der Waals surface area contributed by atoms with Gasteiger partial charge in [0, 0.05) is 0 Å². The molecule has 0 aliphatic heterocycles. The molecule has 1 atom stereocenters. The van der Waals surface area contributed by atoms with Crippen molar-refractivity contribution in [2.24, 2.45) is 0 Å². The first-order valence-electron chi connectivity index (χ1n) is 5.28. The van der Waals surface area contributed by atoms with Gasteiger partial charge in [-0.05, 0) is 53.3 Å². The van der Waals surface area contributed by atoms with Gasteiger partial charge < -0.3 is 9.16 Å². The molecule has 0 saturated carbocycles. The number of methoxy groups -OCH3 is 1. The van der Waals surface area contributed by atoms with E-state index in [1.165, 1.54) is 0 Å². The van der Waals surface area contributed by atoms with Crippen LogP contribution >= 0.6 is 15.9 Å². The molecule has 0 fully saturated rings. The smallest absolute Gasteiger partial charge is 0.186 e. The summed E-state index contributed by atoms with van der Waals surface area (Å²) in [5.74, 6) is 0.749. The van der Waals surface area contributed by atoms with Crippen LogP contribution in [0.2, 0.25) is 19.6 Å². The van der Waals surface area contributed by atoms with Crippen LogP contribution in [-0.2, 0) is 4.43 Å². The number of rotatable bonds is 4. The average Bonchev–Trinajstić information content (AvgIpc) is 2.24. The van der Waals surface area contributed by atoms with Gasteiger partial charge in [-0.1, -0.05) is 6.07 Å². The molecule has 0 aliphatic carbocycles. The van der Waals surface area contributed by atoms with E-state index < -0.39 is 14.4 Å². The van der Waals surface area contributed by atoms with Crippen LogP contribution in [-0.4, -0.2) is 15.4 Å². The van der Waals surface area contributed by atoms with Gasteiger partial charge in [0.05, 0.1) is 17.7 Å². The zero-order chi connectivity index (χ0) is 13.1. The lowest BCUT2D eigenvalue weighted by atomic mass is 10.1. The summed E-state index contributed by atoms with van der Waals surface area (Å²) in [6.45, 7) is 6.20. The molecule has 0 radical (unpaired) electrons. The van der Waals surface area contributed by atoms with E-state index in [9.17, 15) is 0 Å². The Balaban J connectivity index is 2.98. The van der Waals surface area contributed by atoms with Gasteiger partial charge in [0.25, 0.3) is 0 Å². The Hall–Kier alpha value is -0.833. The molecule has 0 bridgehead atoms. The highest BCUT2D eigenvalue weighted by Gasteiger charge is 2.22. The van der Waals surface area contributed by atoms with E-state index in [0.29, 0.717) is 0 Å². The minimum Gasteiger partial charge on any atom is -0.496 e. The molecular weight excluding hydrogens is 298 g/mol. The van der Waals surface area contributed by atoms with Gasteiger partial charge >= 0.3 is 0 Å². The van der Waals surface area contributed by atoms with Crippen LogP contribution in [0.3, 0.4) is 0 Å². The highest BCUT2D eigenvalue weighted by atomic mass is 79.9. The molecule has 0 spiro atoms. The first-order chi connectivity index (χ1) is 7.87. The summed E-state index contributed by atoms with van der Waals surface area (Å²) >= 11 is 3.41. The zero-order valence-electron chi connectivity index (χ0n) is 10.5. The topological polar surface area (TPSA) is 42.2 Å². The van der Waals surface area contributed by atoms with Crippen molar-refractivity contribution in [2.75, 3.05) is 7.11 Å². The van der Waals surface area contributed by atoms with Crippen molar-refractivity contribution in [3.63, 3.8) is 0 Å². The first-order valence-corrected chi connectivity index (χ1v) is 9.48. The molecular formula is C12H16BrNO2Si. The monoisotopic (exact) mass is 313 g/mol. The maximum atomic E-state index is 9.16. The fraction of sp³-hybridized carbons (Fsp3) is 0.417. The number of halogens is 1. The van der Waals surface area contributed by atoms with Crippen LogP contribution in [0, 0.1) is 11.3 Å². The molecule has 0 heterocycles. The van der Waals surface area contributed by atoms with Gasteiger partial charge in [-0.25, -0.2) is 0 Å². The summed E-state index contributed by atoms with van der Waals surface area (Å²) in [6.07, 6.45) is -0.510. The van der Waals surface area contributed by atoms with Gasteiger partial charge in [0.2, 0.25) is 0 Å². The van der Waals surface area contributed by atoms with Crippen LogP contribution in [0.25, 0.3) is 0 Å². The molecule has 0 saturated heterocycles. The van der Waals surface area contributed by atoms with Crippen molar-refractivity contribution >= 4 is 24.2 Å². The Morgan fingerprint density at radius 1 is 1.35 bits per heavy atom. The van der Waals surface area contributed by atoms with E-state index in [-0.39, 0.29) is 0 Å². The minimum absolute atomic E-state index is 0.510. The molecule has 1 aromatic rings. The van der Waals surface area contributed by atoms with Crippen LogP contribution in [0.15, 0.2) is 22.7 Å². The standard InChI is InChI=1S/C12H16BrNO2Si/c1-15-11-6-5-9(7-10(11)13)12(8-14)16-17(2,3)4/h5-7,12H,1-4H3/t12-/m0/s1. The van der Waals surface area contributed by atoms with Gasteiger partial charge in [-0.2, -0.15) is 5.26 Å². The zero-order valence-corrected chi connectivity index (χ0v) is 13.0. The summed E-state index contributed by atoms with van der Waals surface area (Å²) in [5.41, 5.74) is 0.850. The quantitative estimate of drug-likeness (QED) is 0.792. The fourth-order valence-electron chi connectivity index (χ4n) is 1.37. The second kappa shape index (κ2) is 5.67. The third-order valence-electron chi connectivity index (χ3n) is 2.07. The van der Waals surface area contributed by atoms with Crippen molar-refractivity contribution in [1.29, 1.82) is 5.26 Å². The van der Waals surface area contributed by atoms with Gasteiger partial charge in [0.15, 0.2) is 14.4 Å². The van der Waals surface area contributed by atoms with Crippen LogP contribution in [0.5, 0.6) is 5.75 Å². The van der Waals surface area contributed by atoms with E-state index >= 15 is 0 Å². The van der Waals surface area contributed by atoms with Crippen molar-refractivity contribution in [1.82, 2.24) is 0 Å². The molecule has 1 aromatic carbocycles. The molecule has 0 aliphatic rings. The lowest BCUT2D eigenvalue weighted by Crippen LogP contribution is -2.27. The number of ether oxygens (including phenoxy) is 1. The van der Waals surface area contributed by atoms with E-state index in [1.807, 2.05) is 18.2 Å². The number of hydrogen-bond donors (Lipinski definition) is 0. The van der Waals surface area contributed by atoms with Crippen LogP contribution < -0.4 is 4.74 Å². The third kappa shape index (κ3) is 4.15. The molecule has 0 aromatic heterocycles. The van der Waals surface area contributed by atoms with Crippen LogP contribution in [0.1, 0.15) is 11.7 Å². The van der Waals surface area contributed by atoms with Crippen LogP contribution in [0.4, 0.5) is 0 Å². The third-order valence-corrected chi connectivity index (χ3v) is 3.63. The summed E-state index contributed by atoms with van der Waals surface area (Å²) in [6, 6.07) is 7.75. The van der Waals surface area contributed by atoms with Gasteiger partial charge in [-0.3, -0.25) is 0 Å². The van der Waals surface area contributed by atoms with Crippen molar-refractivity contribution in [3.8, 4) is 11.8 Å². The second-order valence-electron chi connectivity index (χ2n) is 4.63. The van der Waals surface area contributed by atoms with Crippen molar-refractivity contribution in [2.45, 2.75) is 25.7 Å². The molecule has 5 heteroatoms. The van der Waals surface area contributed by atoms with E-state index in [2.05, 4.69) is 41.6 Å². The Morgan fingerprint density at radius 3 is 2.41 bits per heavy atom. The summed E-state index contributed by atoms with van der Waals surface area (Å²) in [4.78, 5) is 0. The SMILES string of the molecule is COc1ccc([C@H](C#N)O[Si](C)(C)C)cc1Br. The van der Waals surface area contributed by atoms with Gasteiger partial charge in [0.1, 0.15) is 5.75 Å². The normalized spacial score (nSPS) is 12.9. The molecule has 0 unspecified atom stereocenters.